The lowest BCUT2D eigenvalue weighted by Gasteiger charge is -2.16. The van der Waals surface area contributed by atoms with Crippen molar-refractivity contribution in [2.24, 2.45) is 0 Å². The van der Waals surface area contributed by atoms with Crippen LogP contribution in [-0.4, -0.2) is 32.8 Å². The molecule has 1 amide bonds. The fourth-order valence-electron chi connectivity index (χ4n) is 1.89. The van der Waals surface area contributed by atoms with Crippen molar-refractivity contribution in [2.75, 3.05) is 13.6 Å². The van der Waals surface area contributed by atoms with E-state index in [-0.39, 0.29) is 23.8 Å². The van der Waals surface area contributed by atoms with Crippen molar-refractivity contribution in [3.63, 3.8) is 0 Å². The van der Waals surface area contributed by atoms with E-state index in [0.717, 1.165) is 4.88 Å². The van der Waals surface area contributed by atoms with Crippen LogP contribution in [-0.2, 0) is 21.4 Å². The van der Waals surface area contributed by atoms with Gasteiger partial charge in [0.1, 0.15) is 0 Å². The fourth-order valence-corrected chi connectivity index (χ4v) is 3.70. The summed E-state index contributed by atoms with van der Waals surface area (Å²) < 4.78 is 26.5. The monoisotopic (exact) mass is 338 g/mol. The molecule has 1 aromatic heterocycles. The van der Waals surface area contributed by atoms with Crippen LogP contribution in [0.5, 0.6) is 0 Å². The zero-order valence-corrected chi connectivity index (χ0v) is 13.9. The molecule has 2 rings (SSSR count). The van der Waals surface area contributed by atoms with Crippen LogP contribution in [0.15, 0.2) is 52.7 Å². The lowest BCUT2D eigenvalue weighted by atomic mass is 10.3. The van der Waals surface area contributed by atoms with E-state index in [4.69, 9.17) is 0 Å². The van der Waals surface area contributed by atoms with Crippen molar-refractivity contribution < 1.29 is 13.2 Å². The van der Waals surface area contributed by atoms with Crippen LogP contribution in [0.4, 0.5) is 0 Å². The molecular weight excluding hydrogens is 320 g/mol. The van der Waals surface area contributed by atoms with Crippen LogP contribution in [0.2, 0.25) is 0 Å². The van der Waals surface area contributed by atoms with E-state index in [0.29, 0.717) is 6.54 Å². The molecule has 0 saturated carbocycles. The number of hydrogen-bond acceptors (Lipinski definition) is 4. The summed E-state index contributed by atoms with van der Waals surface area (Å²) in [7, 11) is -1.83. The van der Waals surface area contributed by atoms with Crippen LogP contribution in [0, 0.1) is 0 Å². The molecule has 0 bridgehead atoms. The topological polar surface area (TPSA) is 66.5 Å². The number of benzene rings is 1. The van der Waals surface area contributed by atoms with Gasteiger partial charge in [0.25, 0.3) is 0 Å². The molecule has 0 unspecified atom stereocenters. The molecule has 0 radical (unpaired) electrons. The average molecular weight is 338 g/mol. The lowest BCUT2D eigenvalue weighted by molar-refractivity contribution is -0.130. The third kappa shape index (κ3) is 4.66. The predicted molar refractivity (Wildman–Crippen MR) is 87.0 cm³/mol. The number of amides is 1. The van der Waals surface area contributed by atoms with Gasteiger partial charge in [0.05, 0.1) is 11.4 Å². The normalized spacial score (nSPS) is 11.3. The molecular formula is C15H18N2O3S2. The molecule has 1 N–H and O–H groups in total. The number of thiophene rings is 1. The highest BCUT2D eigenvalue weighted by Crippen LogP contribution is 2.11. The molecule has 0 aliphatic carbocycles. The van der Waals surface area contributed by atoms with Gasteiger partial charge >= 0.3 is 0 Å². The summed E-state index contributed by atoms with van der Waals surface area (Å²) in [6, 6.07) is 12.0. The summed E-state index contributed by atoms with van der Waals surface area (Å²) in [6.07, 6.45) is 0.133. The maximum atomic E-state index is 12.0. The van der Waals surface area contributed by atoms with Crippen LogP contribution < -0.4 is 4.72 Å². The number of rotatable bonds is 7. The highest BCUT2D eigenvalue weighted by molar-refractivity contribution is 7.89. The number of carbonyl (C=O) groups excluding carboxylic acids is 1. The minimum Gasteiger partial charge on any atom is -0.341 e. The highest BCUT2D eigenvalue weighted by atomic mass is 32.2. The van der Waals surface area contributed by atoms with Crippen molar-refractivity contribution in [1.82, 2.24) is 9.62 Å². The van der Waals surface area contributed by atoms with Gasteiger partial charge in [-0.1, -0.05) is 24.3 Å². The molecule has 2 aromatic rings. The molecule has 0 atom stereocenters. The largest absolute Gasteiger partial charge is 0.341 e. The van der Waals surface area contributed by atoms with Gasteiger partial charge in [0.2, 0.25) is 15.9 Å². The van der Waals surface area contributed by atoms with E-state index >= 15 is 0 Å². The van der Waals surface area contributed by atoms with Gasteiger partial charge < -0.3 is 4.90 Å². The van der Waals surface area contributed by atoms with Gasteiger partial charge in [-0.25, -0.2) is 13.1 Å². The number of nitrogens with zero attached hydrogens (tertiary/aromatic N) is 1. The molecule has 0 spiro atoms. The van der Waals surface area contributed by atoms with E-state index in [1.165, 1.54) is 12.1 Å². The molecule has 0 aliphatic heterocycles. The fraction of sp³-hybridized carbons (Fsp3) is 0.267. The van der Waals surface area contributed by atoms with E-state index in [1.54, 1.807) is 41.5 Å². The van der Waals surface area contributed by atoms with Crippen LogP contribution in [0.25, 0.3) is 0 Å². The second kappa shape index (κ2) is 7.53. The minimum absolute atomic E-state index is 0.0881. The van der Waals surface area contributed by atoms with Gasteiger partial charge in [0.15, 0.2) is 0 Å². The molecule has 0 saturated heterocycles. The van der Waals surface area contributed by atoms with E-state index in [1.807, 2.05) is 17.5 Å². The molecule has 118 valence electrons. The van der Waals surface area contributed by atoms with Gasteiger partial charge in [-0.3, -0.25) is 4.79 Å². The Kier molecular flexibility index (Phi) is 5.70. The van der Waals surface area contributed by atoms with Gasteiger partial charge in [-0.2, -0.15) is 0 Å². The molecule has 22 heavy (non-hydrogen) atoms. The zero-order valence-electron chi connectivity index (χ0n) is 12.2. The first-order valence-electron chi connectivity index (χ1n) is 6.80. The van der Waals surface area contributed by atoms with Crippen molar-refractivity contribution >= 4 is 27.3 Å². The Bertz CT molecular complexity index is 698. The Balaban J connectivity index is 1.81. The van der Waals surface area contributed by atoms with Crippen LogP contribution in [0.1, 0.15) is 11.3 Å². The first-order chi connectivity index (χ1) is 10.5. The smallest absolute Gasteiger partial charge is 0.240 e. The van der Waals surface area contributed by atoms with Crippen molar-refractivity contribution in [1.29, 1.82) is 0 Å². The Morgan fingerprint density at radius 1 is 1.18 bits per heavy atom. The molecule has 5 nitrogen and oxygen atoms in total. The van der Waals surface area contributed by atoms with E-state index in [2.05, 4.69) is 4.72 Å². The number of nitrogens with one attached hydrogen (secondary N) is 1. The third-order valence-electron chi connectivity index (χ3n) is 3.08. The Hall–Kier alpha value is -1.70. The Morgan fingerprint density at radius 2 is 1.91 bits per heavy atom. The van der Waals surface area contributed by atoms with Crippen LogP contribution in [0.3, 0.4) is 0 Å². The number of sulfonamides is 1. The third-order valence-corrected chi connectivity index (χ3v) is 5.42. The zero-order chi connectivity index (χ0) is 16.0. The molecule has 0 aliphatic rings. The van der Waals surface area contributed by atoms with Crippen molar-refractivity contribution in [3.05, 3.63) is 52.7 Å². The SMILES string of the molecule is CN(Cc1cccs1)C(=O)CCNS(=O)(=O)c1ccccc1. The first kappa shape index (κ1) is 16.7. The molecule has 1 heterocycles. The molecule has 0 fully saturated rings. The van der Waals surface area contributed by atoms with E-state index < -0.39 is 10.0 Å². The quantitative estimate of drug-likeness (QED) is 0.840. The van der Waals surface area contributed by atoms with Crippen LogP contribution >= 0.6 is 11.3 Å². The molecule has 7 heteroatoms. The summed E-state index contributed by atoms with van der Waals surface area (Å²) in [5.74, 6) is -0.0934. The predicted octanol–water partition coefficient (Wildman–Crippen LogP) is 2.08. The van der Waals surface area contributed by atoms with Crippen molar-refractivity contribution in [3.8, 4) is 0 Å². The summed E-state index contributed by atoms with van der Waals surface area (Å²) in [6.45, 7) is 0.632. The number of carbonyl (C=O) groups is 1. The van der Waals surface area contributed by atoms with Crippen molar-refractivity contribution in [2.45, 2.75) is 17.9 Å². The Morgan fingerprint density at radius 3 is 2.55 bits per heavy atom. The Labute approximate surface area is 134 Å². The number of hydrogen-bond donors (Lipinski definition) is 1. The maximum Gasteiger partial charge on any atom is 0.240 e. The minimum atomic E-state index is -3.55. The lowest BCUT2D eigenvalue weighted by Crippen LogP contribution is -2.31. The summed E-state index contributed by atoms with van der Waals surface area (Å²) >= 11 is 1.59. The average Bonchev–Trinajstić information content (AvgIpc) is 3.00. The van der Waals surface area contributed by atoms with Gasteiger partial charge in [-0.15, -0.1) is 11.3 Å². The van der Waals surface area contributed by atoms with Gasteiger partial charge in [-0.05, 0) is 23.6 Å². The van der Waals surface area contributed by atoms with Gasteiger partial charge in [0, 0.05) is 24.9 Å². The summed E-state index contributed by atoms with van der Waals surface area (Å²) in [5.41, 5.74) is 0. The maximum absolute atomic E-state index is 12.0. The molecule has 1 aromatic carbocycles. The highest BCUT2D eigenvalue weighted by Gasteiger charge is 2.15. The standard InChI is InChI=1S/C15H18N2O3S2/c1-17(12-13-6-5-11-21-13)15(18)9-10-16-22(19,20)14-7-3-2-4-8-14/h2-8,11,16H,9-10,12H2,1H3. The summed E-state index contributed by atoms with van der Waals surface area (Å²) in [5, 5.41) is 1.96. The van der Waals surface area contributed by atoms with E-state index in [9.17, 15) is 13.2 Å². The first-order valence-corrected chi connectivity index (χ1v) is 9.16. The summed E-state index contributed by atoms with van der Waals surface area (Å²) in [4.78, 5) is 14.9. The second-order valence-electron chi connectivity index (χ2n) is 4.79. The second-order valence-corrected chi connectivity index (χ2v) is 7.59.